The molecule has 152 valence electrons. The molecule has 1 amide bonds. The Morgan fingerprint density at radius 1 is 1.10 bits per heavy atom. The van der Waals surface area contributed by atoms with E-state index < -0.39 is 21.0 Å². The fourth-order valence-corrected chi connectivity index (χ4v) is 4.00. The van der Waals surface area contributed by atoms with E-state index in [0.29, 0.717) is 5.69 Å². The second-order valence-corrected chi connectivity index (χ2v) is 9.19. The van der Waals surface area contributed by atoms with Gasteiger partial charge in [-0.05, 0) is 56.3 Å². The average molecular weight is 413 g/mol. The van der Waals surface area contributed by atoms with Crippen molar-refractivity contribution in [3.63, 3.8) is 0 Å². The summed E-state index contributed by atoms with van der Waals surface area (Å²) in [5, 5.41) is 6.58. The monoisotopic (exact) mass is 413 g/mol. The quantitative estimate of drug-likeness (QED) is 0.643. The molecule has 0 fully saturated rings. The van der Waals surface area contributed by atoms with Crippen LogP contribution in [0.4, 0.5) is 0 Å². The van der Waals surface area contributed by atoms with Crippen molar-refractivity contribution in [2.24, 2.45) is 0 Å². The summed E-state index contributed by atoms with van der Waals surface area (Å²) in [7, 11) is -1.96. The summed E-state index contributed by atoms with van der Waals surface area (Å²) in [6.45, 7) is 3.36. The molecule has 7 nitrogen and oxygen atoms in total. The maximum atomic E-state index is 12.6. The first kappa shape index (κ1) is 20.6. The summed E-state index contributed by atoms with van der Waals surface area (Å²) in [6, 6.07) is 15.5. The van der Waals surface area contributed by atoms with Gasteiger partial charge in [0.1, 0.15) is 5.75 Å². The normalized spacial score (nSPS) is 11.4. The van der Waals surface area contributed by atoms with Gasteiger partial charge in [-0.15, -0.1) is 0 Å². The molecular weight excluding hydrogens is 390 g/mol. The van der Waals surface area contributed by atoms with Gasteiger partial charge in [-0.2, -0.15) is 5.10 Å². The summed E-state index contributed by atoms with van der Waals surface area (Å²) in [4.78, 5) is 12.7. The molecule has 8 heteroatoms. The van der Waals surface area contributed by atoms with Crippen LogP contribution in [0.25, 0.3) is 5.69 Å². The van der Waals surface area contributed by atoms with Crippen LogP contribution in [0.15, 0.2) is 65.7 Å². The average Bonchev–Trinajstić information content (AvgIpc) is 3.21. The molecule has 0 atom stereocenters. The molecule has 0 aliphatic carbocycles. The highest BCUT2D eigenvalue weighted by Gasteiger charge is 2.25. The van der Waals surface area contributed by atoms with Gasteiger partial charge >= 0.3 is 0 Å². The van der Waals surface area contributed by atoms with Gasteiger partial charge in [0.05, 0.1) is 40.7 Å². The molecule has 1 aromatic heterocycles. The Morgan fingerprint density at radius 2 is 1.79 bits per heavy atom. The van der Waals surface area contributed by atoms with Crippen LogP contribution in [-0.4, -0.2) is 36.5 Å². The van der Waals surface area contributed by atoms with Crippen LogP contribution in [0.3, 0.4) is 0 Å². The van der Waals surface area contributed by atoms with Crippen LogP contribution < -0.4 is 10.1 Å². The fourth-order valence-electron chi connectivity index (χ4n) is 2.76. The molecule has 0 unspecified atom stereocenters. The SMILES string of the molecule is COc1ccc(-n2ccc(CNC(=O)c3ccccc3S(=O)(=O)C(C)C)n2)cc1. The van der Waals surface area contributed by atoms with Gasteiger partial charge in [-0.3, -0.25) is 4.79 Å². The van der Waals surface area contributed by atoms with Gasteiger partial charge in [0, 0.05) is 6.20 Å². The number of ether oxygens (including phenoxy) is 1. The Morgan fingerprint density at radius 3 is 2.45 bits per heavy atom. The lowest BCUT2D eigenvalue weighted by atomic mass is 10.2. The number of rotatable bonds is 7. The van der Waals surface area contributed by atoms with Crippen molar-refractivity contribution in [2.75, 3.05) is 7.11 Å². The summed E-state index contributed by atoms with van der Waals surface area (Å²) in [5.41, 5.74) is 1.64. The van der Waals surface area contributed by atoms with Crippen molar-refractivity contribution >= 4 is 15.7 Å². The molecule has 0 aliphatic rings. The molecular formula is C21H23N3O4S. The molecule has 29 heavy (non-hydrogen) atoms. The zero-order chi connectivity index (χ0) is 21.0. The van der Waals surface area contributed by atoms with E-state index >= 15 is 0 Å². The van der Waals surface area contributed by atoms with Crippen molar-refractivity contribution < 1.29 is 17.9 Å². The molecule has 0 spiro atoms. The van der Waals surface area contributed by atoms with Crippen molar-refractivity contribution in [3.8, 4) is 11.4 Å². The fraction of sp³-hybridized carbons (Fsp3) is 0.238. The van der Waals surface area contributed by atoms with Gasteiger partial charge < -0.3 is 10.1 Å². The number of benzene rings is 2. The standard InChI is InChI=1S/C21H23N3O4S/c1-15(2)29(26,27)20-7-5-4-6-19(20)21(25)22-14-16-12-13-24(23-16)17-8-10-18(28-3)11-9-17/h4-13,15H,14H2,1-3H3,(H,22,25). The second kappa shape index (κ2) is 8.48. The maximum absolute atomic E-state index is 12.6. The Hall–Kier alpha value is -3.13. The minimum absolute atomic E-state index is 0.0382. The van der Waals surface area contributed by atoms with E-state index in [1.807, 2.05) is 24.3 Å². The van der Waals surface area contributed by atoms with Gasteiger partial charge in [0.2, 0.25) is 0 Å². The second-order valence-electron chi connectivity index (χ2n) is 6.72. The minimum Gasteiger partial charge on any atom is -0.497 e. The molecule has 2 aromatic carbocycles. The lowest BCUT2D eigenvalue weighted by molar-refractivity contribution is 0.0947. The van der Waals surface area contributed by atoms with E-state index in [-0.39, 0.29) is 17.0 Å². The van der Waals surface area contributed by atoms with Crippen molar-refractivity contribution in [1.82, 2.24) is 15.1 Å². The van der Waals surface area contributed by atoms with Crippen LogP contribution in [-0.2, 0) is 16.4 Å². The van der Waals surface area contributed by atoms with E-state index in [2.05, 4.69) is 10.4 Å². The lowest BCUT2D eigenvalue weighted by Crippen LogP contribution is -2.26. The number of amides is 1. The maximum Gasteiger partial charge on any atom is 0.252 e. The number of methoxy groups -OCH3 is 1. The third-order valence-electron chi connectivity index (χ3n) is 4.47. The van der Waals surface area contributed by atoms with Crippen LogP contribution in [0, 0.1) is 0 Å². The Bertz CT molecular complexity index is 1100. The van der Waals surface area contributed by atoms with Crippen molar-refractivity contribution in [1.29, 1.82) is 0 Å². The highest BCUT2D eigenvalue weighted by Crippen LogP contribution is 2.20. The smallest absolute Gasteiger partial charge is 0.252 e. The minimum atomic E-state index is -3.56. The summed E-state index contributed by atoms with van der Waals surface area (Å²) in [5.74, 6) is 0.298. The van der Waals surface area contributed by atoms with Crippen molar-refractivity contribution in [3.05, 3.63) is 72.1 Å². The zero-order valence-electron chi connectivity index (χ0n) is 16.5. The third kappa shape index (κ3) is 4.48. The molecule has 0 aliphatic heterocycles. The van der Waals surface area contributed by atoms with Gasteiger partial charge in [0.15, 0.2) is 9.84 Å². The van der Waals surface area contributed by atoms with Crippen LogP contribution in [0.1, 0.15) is 29.9 Å². The molecule has 3 rings (SSSR count). The van der Waals surface area contributed by atoms with Gasteiger partial charge in [0.25, 0.3) is 5.91 Å². The predicted octanol–water partition coefficient (Wildman–Crippen LogP) is 2.99. The first-order valence-electron chi connectivity index (χ1n) is 9.13. The number of nitrogens with one attached hydrogen (secondary N) is 1. The van der Waals surface area contributed by atoms with Crippen LogP contribution >= 0.6 is 0 Å². The summed E-state index contributed by atoms with van der Waals surface area (Å²) < 4.78 is 31.9. The third-order valence-corrected chi connectivity index (χ3v) is 6.68. The van der Waals surface area contributed by atoms with Gasteiger partial charge in [-0.1, -0.05) is 12.1 Å². The molecule has 1 heterocycles. The Kier molecular flexibility index (Phi) is 6.03. The molecule has 3 aromatic rings. The highest BCUT2D eigenvalue weighted by molar-refractivity contribution is 7.92. The Balaban J connectivity index is 1.73. The summed E-state index contributed by atoms with van der Waals surface area (Å²) >= 11 is 0. The molecule has 0 radical (unpaired) electrons. The zero-order valence-corrected chi connectivity index (χ0v) is 17.3. The topological polar surface area (TPSA) is 90.3 Å². The van der Waals surface area contributed by atoms with Crippen LogP contribution in [0.5, 0.6) is 5.75 Å². The molecule has 0 bridgehead atoms. The Labute approximate surface area is 170 Å². The van der Waals surface area contributed by atoms with Crippen molar-refractivity contribution in [2.45, 2.75) is 30.5 Å². The summed E-state index contributed by atoms with van der Waals surface area (Å²) in [6.07, 6.45) is 1.79. The highest BCUT2D eigenvalue weighted by atomic mass is 32.2. The molecule has 0 saturated carbocycles. The van der Waals surface area contributed by atoms with E-state index in [1.165, 1.54) is 12.1 Å². The molecule has 1 N–H and O–H groups in total. The number of hydrogen-bond donors (Lipinski definition) is 1. The lowest BCUT2D eigenvalue weighted by Gasteiger charge is -2.12. The van der Waals surface area contributed by atoms with Gasteiger partial charge in [-0.25, -0.2) is 13.1 Å². The number of sulfone groups is 1. The van der Waals surface area contributed by atoms with Crippen LogP contribution in [0.2, 0.25) is 0 Å². The first-order valence-corrected chi connectivity index (χ1v) is 10.7. The largest absolute Gasteiger partial charge is 0.497 e. The number of carbonyl (C=O) groups excluding carboxylic acids is 1. The van der Waals surface area contributed by atoms with E-state index in [4.69, 9.17) is 4.74 Å². The first-order chi connectivity index (χ1) is 13.8. The molecule has 0 saturated heterocycles. The predicted molar refractivity (Wildman–Crippen MR) is 110 cm³/mol. The van der Waals surface area contributed by atoms with E-state index in [9.17, 15) is 13.2 Å². The number of hydrogen-bond acceptors (Lipinski definition) is 5. The number of aromatic nitrogens is 2. The van der Waals surface area contributed by atoms with E-state index in [0.717, 1.165) is 11.4 Å². The number of nitrogens with zero attached hydrogens (tertiary/aromatic N) is 2. The number of carbonyl (C=O) groups is 1. The van der Waals surface area contributed by atoms with E-state index in [1.54, 1.807) is 50.0 Å².